The predicted octanol–water partition coefficient (Wildman–Crippen LogP) is 11.7. The van der Waals surface area contributed by atoms with Crippen LogP contribution in [0.1, 0.15) is 0 Å². The number of rotatable bonds is 4. The summed E-state index contributed by atoms with van der Waals surface area (Å²) >= 11 is 0. The number of nitrogens with zero attached hydrogens (tertiary/aromatic N) is 5. The number of aromatic nitrogens is 5. The molecule has 0 unspecified atom stereocenters. The number of hydrogen-bond acceptors (Lipinski definition) is 3. The van der Waals surface area contributed by atoms with Crippen LogP contribution in [-0.4, -0.2) is 24.1 Å². The summed E-state index contributed by atoms with van der Waals surface area (Å²) in [6.45, 7) is 0. The first-order valence-corrected chi connectivity index (χ1v) is 17.5. The van der Waals surface area contributed by atoms with Crippen molar-refractivity contribution >= 4 is 65.4 Å². The molecule has 0 saturated heterocycles. The lowest BCUT2D eigenvalue weighted by atomic mass is 10.0. The highest BCUT2D eigenvalue weighted by atomic mass is 15.1. The molecular weight excluding hydrogens is 635 g/mol. The van der Waals surface area contributed by atoms with Gasteiger partial charge < -0.3 is 4.57 Å². The molecule has 0 bridgehead atoms. The van der Waals surface area contributed by atoms with E-state index >= 15 is 0 Å². The second-order valence-corrected chi connectivity index (χ2v) is 13.4. The van der Waals surface area contributed by atoms with E-state index in [0.29, 0.717) is 0 Å². The SMILES string of the molecule is c1ccc(-c2ccnc(-n3c4ccccc4c4ccc(-n5c6cc(-c7cnc8ccccc8n7)ccc6c6cc7ccccc7cc65)cc43)c2)cc1. The molecule has 0 N–H and O–H groups in total. The lowest BCUT2D eigenvalue weighted by Gasteiger charge is -2.12. The zero-order chi connectivity index (χ0) is 34.2. The molecule has 5 heteroatoms. The summed E-state index contributed by atoms with van der Waals surface area (Å²) in [4.78, 5) is 14.7. The molecule has 4 aromatic heterocycles. The molecular formula is C47H29N5. The third-order valence-electron chi connectivity index (χ3n) is 10.4. The lowest BCUT2D eigenvalue weighted by molar-refractivity contribution is 1.08. The Kier molecular flexibility index (Phi) is 6.18. The number of pyridine rings is 1. The third kappa shape index (κ3) is 4.39. The first kappa shape index (κ1) is 28.7. The van der Waals surface area contributed by atoms with E-state index in [0.717, 1.165) is 67.0 Å². The fourth-order valence-corrected chi connectivity index (χ4v) is 7.93. The van der Waals surface area contributed by atoms with Crippen molar-refractivity contribution < 1.29 is 0 Å². The standard InChI is InChI=1S/C47H29N5/c1-2-10-30(11-3-1)33-22-23-48-47(27-33)52-43-17-9-6-14-36(43)37-21-19-35(28-46(37)52)51-44-26-34(42-29-49-40-15-7-8-16-41(40)50-42)18-20-38(44)39-24-31-12-4-5-13-32(31)25-45(39)51/h1-29H. The molecule has 0 radical (unpaired) electrons. The van der Waals surface area contributed by atoms with Gasteiger partial charge in [-0.1, -0.05) is 103 Å². The van der Waals surface area contributed by atoms with Crippen LogP contribution in [0.5, 0.6) is 0 Å². The topological polar surface area (TPSA) is 48.5 Å². The van der Waals surface area contributed by atoms with Gasteiger partial charge in [-0.15, -0.1) is 0 Å². The van der Waals surface area contributed by atoms with Crippen LogP contribution in [0.2, 0.25) is 0 Å². The molecule has 7 aromatic carbocycles. The molecule has 0 aliphatic carbocycles. The van der Waals surface area contributed by atoms with E-state index in [2.05, 4.69) is 149 Å². The Hall–Kier alpha value is -7.11. The summed E-state index contributed by atoms with van der Waals surface area (Å²) < 4.78 is 4.71. The highest BCUT2D eigenvalue weighted by molar-refractivity contribution is 6.15. The second kappa shape index (κ2) is 11.2. The van der Waals surface area contributed by atoms with Gasteiger partial charge in [0.1, 0.15) is 5.82 Å². The van der Waals surface area contributed by atoms with Crippen LogP contribution >= 0.6 is 0 Å². The van der Waals surface area contributed by atoms with Gasteiger partial charge in [-0.05, 0) is 82.6 Å². The highest BCUT2D eigenvalue weighted by Gasteiger charge is 2.19. The van der Waals surface area contributed by atoms with Crippen molar-refractivity contribution in [2.75, 3.05) is 0 Å². The minimum absolute atomic E-state index is 0.850. The van der Waals surface area contributed by atoms with Crippen LogP contribution in [0.4, 0.5) is 0 Å². The number of hydrogen-bond donors (Lipinski definition) is 0. The van der Waals surface area contributed by atoms with Gasteiger partial charge in [0.25, 0.3) is 0 Å². The van der Waals surface area contributed by atoms with E-state index in [-0.39, 0.29) is 0 Å². The van der Waals surface area contributed by atoms with Gasteiger partial charge in [0.15, 0.2) is 0 Å². The van der Waals surface area contributed by atoms with Crippen LogP contribution in [0.3, 0.4) is 0 Å². The highest BCUT2D eigenvalue weighted by Crippen LogP contribution is 2.39. The summed E-state index contributed by atoms with van der Waals surface area (Å²) in [7, 11) is 0. The summed E-state index contributed by atoms with van der Waals surface area (Å²) in [6, 6.07) is 58.2. The monoisotopic (exact) mass is 663 g/mol. The van der Waals surface area contributed by atoms with E-state index in [1.807, 2.05) is 36.7 Å². The molecule has 0 aliphatic rings. The predicted molar refractivity (Wildman–Crippen MR) is 214 cm³/mol. The molecule has 0 atom stereocenters. The summed E-state index contributed by atoms with van der Waals surface area (Å²) in [5.41, 5.74) is 11.5. The van der Waals surface area contributed by atoms with Crippen molar-refractivity contribution in [3.8, 4) is 33.9 Å². The zero-order valence-electron chi connectivity index (χ0n) is 28.0. The van der Waals surface area contributed by atoms with Crippen LogP contribution in [0.25, 0.3) is 99.3 Å². The Labute approximate surface area is 298 Å². The maximum Gasteiger partial charge on any atom is 0.138 e. The van der Waals surface area contributed by atoms with Crippen molar-refractivity contribution in [1.29, 1.82) is 0 Å². The fraction of sp³-hybridized carbons (Fsp3) is 0. The molecule has 4 heterocycles. The maximum atomic E-state index is 5.01. The molecule has 52 heavy (non-hydrogen) atoms. The Morgan fingerprint density at radius 3 is 1.98 bits per heavy atom. The molecule has 11 aromatic rings. The first-order valence-electron chi connectivity index (χ1n) is 17.5. The molecule has 0 amide bonds. The van der Waals surface area contributed by atoms with Gasteiger partial charge in [0, 0.05) is 39.0 Å². The number of fused-ring (bicyclic) bond motifs is 8. The Morgan fingerprint density at radius 1 is 0.385 bits per heavy atom. The van der Waals surface area contributed by atoms with Gasteiger partial charge in [-0.25, -0.2) is 9.97 Å². The third-order valence-corrected chi connectivity index (χ3v) is 10.4. The zero-order valence-corrected chi connectivity index (χ0v) is 28.0. The van der Waals surface area contributed by atoms with Gasteiger partial charge in [0.2, 0.25) is 0 Å². The average molecular weight is 664 g/mol. The maximum absolute atomic E-state index is 5.01. The molecule has 0 saturated carbocycles. The van der Waals surface area contributed by atoms with Crippen LogP contribution in [0, 0.1) is 0 Å². The molecule has 242 valence electrons. The quantitative estimate of drug-likeness (QED) is 0.188. The van der Waals surface area contributed by atoms with Gasteiger partial charge in [-0.2, -0.15) is 0 Å². The number of para-hydroxylation sites is 3. The summed E-state index contributed by atoms with van der Waals surface area (Å²) in [5.74, 6) is 0.884. The van der Waals surface area contributed by atoms with Gasteiger partial charge in [0.05, 0.1) is 45.0 Å². The van der Waals surface area contributed by atoms with Crippen LogP contribution in [-0.2, 0) is 0 Å². The van der Waals surface area contributed by atoms with E-state index in [4.69, 9.17) is 15.0 Å². The Balaban J connectivity index is 1.19. The second-order valence-electron chi connectivity index (χ2n) is 13.4. The number of benzene rings is 7. The van der Waals surface area contributed by atoms with Crippen LogP contribution in [0.15, 0.2) is 176 Å². The average Bonchev–Trinajstić information content (AvgIpc) is 3.71. The van der Waals surface area contributed by atoms with E-state index < -0.39 is 0 Å². The normalized spacial score (nSPS) is 11.8. The molecule has 11 rings (SSSR count). The van der Waals surface area contributed by atoms with Crippen molar-refractivity contribution in [2.45, 2.75) is 0 Å². The van der Waals surface area contributed by atoms with Gasteiger partial charge in [-0.3, -0.25) is 9.55 Å². The minimum Gasteiger partial charge on any atom is -0.309 e. The van der Waals surface area contributed by atoms with Crippen molar-refractivity contribution in [3.05, 3.63) is 176 Å². The van der Waals surface area contributed by atoms with Crippen molar-refractivity contribution in [3.63, 3.8) is 0 Å². The van der Waals surface area contributed by atoms with Gasteiger partial charge >= 0.3 is 0 Å². The first-order chi connectivity index (χ1) is 25.8. The largest absolute Gasteiger partial charge is 0.309 e. The van der Waals surface area contributed by atoms with E-state index in [1.54, 1.807) is 0 Å². The van der Waals surface area contributed by atoms with Crippen LogP contribution < -0.4 is 0 Å². The molecule has 0 spiro atoms. The smallest absolute Gasteiger partial charge is 0.138 e. The minimum atomic E-state index is 0.850. The van der Waals surface area contributed by atoms with Crippen molar-refractivity contribution in [2.24, 2.45) is 0 Å². The van der Waals surface area contributed by atoms with E-state index in [9.17, 15) is 0 Å². The molecule has 0 fully saturated rings. The summed E-state index contributed by atoms with van der Waals surface area (Å²) in [6.07, 6.45) is 3.79. The molecule has 5 nitrogen and oxygen atoms in total. The lowest BCUT2D eigenvalue weighted by Crippen LogP contribution is -1.99. The summed E-state index contributed by atoms with van der Waals surface area (Å²) in [5, 5.41) is 7.21. The van der Waals surface area contributed by atoms with E-state index in [1.165, 1.54) is 32.3 Å². The molecule has 0 aliphatic heterocycles. The Morgan fingerprint density at radius 2 is 1.08 bits per heavy atom. The Bertz CT molecular complexity index is 3190. The fourth-order valence-electron chi connectivity index (χ4n) is 7.93. The van der Waals surface area contributed by atoms with Crippen molar-refractivity contribution in [1.82, 2.24) is 24.1 Å².